The van der Waals surface area contributed by atoms with Gasteiger partial charge in [0.25, 0.3) is 0 Å². The molecule has 118 valence electrons. The lowest BCUT2D eigenvalue weighted by Crippen LogP contribution is -2.09. The maximum atomic E-state index is 8.78. The van der Waals surface area contributed by atoms with Gasteiger partial charge in [0, 0.05) is 5.56 Å². The molecule has 0 bridgehead atoms. The van der Waals surface area contributed by atoms with E-state index in [-0.39, 0.29) is 0 Å². The molecule has 3 heteroatoms. The lowest BCUT2D eigenvalue weighted by molar-refractivity contribution is 0.217. The highest BCUT2D eigenvalue weighted by molar-refractivity contribution is 5.70. The molecule has 0 atom stereocenters. The molecule has 0 amide bonds. The highest BCUT2D eigenvalue weighted by Crippen LogP contribution is 2.29. The number of ether oxygens (including phenoxy) is 2. The zero-order chi connectivity index (χ0) is 16.6. The smallest absolute Gasteiger partial charge is 0.127 e. The molecule has 0 saturated carbocycles. The van der Waals surface area contributed by atoms with Gasteiger partial charge in [0.15, 0.2) is 0 Å². The van der Waals surface area contributed by atoms with E-state index in [2.05, 4.69) is 18.2 Å². The molecule has 0 aromatic heterocycles. The minimum Gasteiger partial charge on any atom is -0.490 e. The number of hydrogen-bond donors (Lipinski definition) is 0. The molecule has 3 aromatic rings. The Labute approximate surface area is 141 Å². The Kier molecular flexibility index (Phi) is 5.11. The van der Waals surface area contributed by atoms with Gasteiger partial charge in [0.2, 0.25) is 0 Å². The molecule has 0 unspecified atom stereocenters. The van der Waals surface area contributed by atoms with Crippen LogP contribution in [0.15, 0.2) is 78.9 Å². The van der Waals surface area contributed by atoms with Crippen LogP contribution in [0.2, 0.25) is 0 Å². The first-order valence-corrected chi connectivity index (χ1v) is 7.77. The van der Waals surface area contributed by atoms with Gasteiger partial charge in [-0.05, 0) is 35.9 Å². The number of nitriles is 1. The van der Waals surface area contributed by atoms with E-state index < -0.39 is 0 Å². The van der Waals surface area contributed by atoms with Crippen LogP contribution in [0.25, 0.3) is 11.1 Å². The average Bonchev–Trinajstić information content (AvgIpc) is 2.67. The van der Waals surface area contributed by atoms with Crippen LogP contribution in [0, 0.1) is 11.3 Å². The van der Waals surface area contributed by atoms with E-state index in [1.165, 1.54) is 0 Å². The van der Waals surface area contributed by atoms with E-state index in [0.717, 1.165) is 22.6 Å². The van der Waals surface area contributed by atoms with Gasteiger partial charge in [-0.1, -0.05) is 48.5 Å². The molecule has 0 aliphatic carbocycles. The average molecular weight is 315 g/mol. The molecule has 0 aliphatic rings. The van der Waals surface area contributed by atoms with E-state index in [4.69, 9.17) is 14.7 Å². The van der Waals surface area contributed by atoms with Crippen LogP contribution in [-0.2, 0) is 0 Å². The fourth-order valence-corrected chi connectivity index (χ4v) is 2.39. The highest BCUT2D eigenvalue weighted by Gasteiger charge is 2.05. The molecule has 0 heterocycles. The van der Waals surface area contributed by atoms with Crippen molar-refractivity contribution in [3.05, 3.63) is 84.4 Å². The summed E-state index contributed by atoms with van der Waals surface area (Å²) in [5.41, 5.74) is 2.81. The number of para-hydroxylation sites is 1. The van der Waals surface area contributed by atoms with Crippen LogP contribution < -0.4 is 9.47 Å². The minimum atomic E-state index is 0.440. The van der Waals surface area contributed by atoms with E-state index in [1.54, 1.807) is 24.3 Å². The largest absolute Gasteiger partial charge is 0.490 e. The first kappa shape index (κ1) is 15.6. The first-order valence-electron chi connectivity index (χ1n) is 7.77. The summed E-state index contributed by atoms with van der Waals surface area (Å²) in [6.45, 7) is 0.888. The Morgan fingerprint density at radius 3 is 2.12 bits per heavy atom. The van der Waals surface area contributed by atoms with Gasteiger partial charge in [-0.3, -0.25) is 0 Å². The molecule has 0 saturated heterocycles. The fourth-order valence-electron chi connectivity index (χ4n) is 2.39. The Bertz CT molecular complexity index is 820. The third kappa shape index (κ3) is 3.93. The quantitative estimate of drug-likeness (QED) is 0.620. The van der Waals surface area contributed by atoms with Crippen LogP contribution >= 0.6 is 0 Å². The van der Waals surface area contributed by atoms with Crippen LogP contribution in [0.1, 0.15) is 5.56 Å². The Morgan fingerprint density at radius 1 is 0.708 bits per heavy atom. The Hall–Kier alpha value is -3.25. The van der Waals surface area contributed by atoms with E-state index >= 15 is 0 Å². The topological polar surface area (TPSA) is 42.2 Å². The second-order valence-corrected chi connectivity index (χ2v) is 5.20. The Morgan fingerprint density at radius 2 is 1.38 bits per heavy atom. The van der Waals surface area contributed by atoms with Gasteiger partial charge < -0.3 is 9.47 Å². The van der Waals surface area contributed by atoms with E-state index in [1.807, 2.05) is 42.5 Å². The lowest BCUT2D eigenvalue weighted by atomic mass is 10.1. The normalized spacial score (nSPS) is 9.96. The maximum Gasteiger partial charge on any atom is 0.127 e. The number of nitrogens with zero attached hydrogens (tertiary/aromatic N) is 1. The predicted molar refractivity (Wildman–Crippen MR) is 94.0 cm³/mol. The lowest BCUT2D eigenvalue weighted by Gasteiger charge is -2.12. The predicted octanol–water partition coefficient (Wildman–Crippen LogP) is 4.68. The second kappa shape index (κ2) is 7.85. The Balaban J connectivity index is 1.58. The number of hydrogen-bond acceptors (Lipinski definition) is 3. The van der Waals surface area contributed by atoms with Crippen molar-refractivity contribution >= 4 is 0 Å². The molecule has 3 nitrogen and oxygen atoms in total. The zero-order valence-electron chi connectivity index (χ0n) is 13.2. The van der Waals surface area contributed by atoms with Gasteiger partial charge in [-0.25, -0.2) is 0 Å². The van der Waals surface area contributed by atoms with Gasteiger partial charge in [0.1, 0.15) is 24.7 Å². The molecule has 0 spiro atoms. The third-order valence-electron chi connectivity index (χ3n) is 3.56. The van der Waals surface area contributed by atoms with Gasteiger partial charge in [-0.2, -0.15) is 5.26 Å². The summed E-state index contributed by atoms with van der Waals surface area (Å²) in [4.78, 5) is 0. The van der Waals surface area contributed by atoms with Crippen LogP contribution in [0.5, 0.6) is 11.5 Å². The van der Waals surface area contributed by atoms with Gasteiger partial charge in [0.05, 0.1) is 11.6 Å². The molecule has 0 fully saturated rings. The molecular formula is C21H17NO2. The van der Waals surface area contributed by atoms with Gasteiger partial charge >= 0.3 is 0 Å². The fraction of sp³-hybridized carbons (Fsp3) is 0.0952. The monoisotopic (exact) mass is 315 g/mol. The summed E-state index contributed by atoms with van der Waals surface area (Å²) in [5.74, 6) is 1.57. The van der Waals surface area contributed by atoms with E-state index in [0.29, 0.717) is 18.8 Å². The molecule has 0 aliphatic heterocycles. The van der Waals surface area contributed by atoms with Crippen molar-refractivity contribution in [2.24, 2.45) is 0 Å². The molecule has 3 rings (SSSR count). The van der Waals surface area contributed by atoms with Crippen LogP contribution in [0.4, 0.5) is 0 Å². The highest BCUT2D eigenvalue weighted by atomic mass is 16.5. The standard InChI is InChI=1S/C21H17NO2/c22-16-17-10-12-19(13-11-17)23-14-15-24-21-9-5-4-8-20(21)18-6-2-1-3-7-18/h1-13H,14-15H2. The molecular weight excluding hydrogens is 298 g/mol. The summed E-state index contributed by atoms with van der Waals surface area (Å²) < 4.78 is 11.5. The van der Waals surface area contributed by atoms with Gasteiger partial charge in [-0.15, -0.1) is 0 Å². The van der Waals surface area contributed by atoms with Crippen LogP contribution in [0.3, 0.4) is 0 Å². The summed E-state index contributed by atoms with van der Waals surface area (Å²) in [7, 11) is 0. The summed E-state index contributed by atoms with van der Waals surface area (Å²) in [6, 6.07) is 27.3. The van der Waals surface area contributed by atoms with Crippen molar-refractivity contribution in [3.63, 3.8) is 0 Å². The van der Waals surface area contributed by atoms with Crippen molar-refractivity contribution in [2.75, 3.05) is 13.2 Å². The number of rotatable bonds is 6. The molecule has 24 heavy (non-hydrogen) atoms. The third-order valence-corrected chi connectivity index (χ3v) is 3.56. The minimum absolute atomic E-state index is 0.440. The molecule has 0 radical (unpaired) electrons. The summed E-state index contributed by atoms with van der Waals surface area (Å²) >= 11 is 0. The van der Waals surface area contributed by atoms with E-state index in [9.17, 15) is 0 Å². The first-order chi connectivity index (χ1) is 11.9. The van der Waals surface area contributed by atoms with Crippen molar-refractivity contribution < 1.29 is 9.47 Å². The van der Waals surface area contributed by atoms with Crippen molar-refractivity contribution in [1.82, 2.24) is 0 Å². The summed E-state index contributed by atoms with van der Waals surface area (Å²) in [5, 5.41) is 8.78. The van der Waals surface area contributed by atoms with Crippen molar-refractivity contribution in [3.8, 4) is 28.7 Å². The zero-order valence-corrected chi connectivity index (χ0v) is 13.2. The summed E-state index contributed by atoms with van der Waals surface area (Å²) in [6.07, 6.45) is 0. The SMILES string of the molecule is N#Cc1ccc(OCCOc2ccccc2-c2ccccc2)cc1. The van der Waals surface area contributed by atoms with Crippen molar-refractivity contribution in [2.45, 2.75) is 0 Å². The molecule has 0 N–H and O–H groups in total. The van der Waals surface area contributed by atoms with Crippen LogP contribution in [-0.4, -0.2) is 13.2 Å². The second-order valence-electron chi connectivity index (χ2n) is 5.20. The number of benzene rings is 3. The van der Waals surface area contributed by atoms with Crippen molar-refractivity contribution in [1.29, 1.82) is 5.26 Å². The maximum absolute atomic E-state index is 8.78. The molecule has 3 aromatic carbocycles.